The first-order chi connectivity index (χ1) is 7.51. The van der Waals surface area contributed by atoms with Gasteiger partial charge in [-0.25, -0.2) is 0 Å². The number of aliphatic hydroxyl groups is 4. The van der Waals surface area contributed by atoms with Crippen molar-refractivity contribution in [3.8, 4) is 0 Å². The van der Waals surface area contributed by atoms with Crippen LogP contribution in [0.2, 0.25) is 0 Å². The standard InChI is InChI=1S/C8H15NO6/c1-3(11)9-8-7(14)6(13)5(12)4(2-10)15-8/h4-8,10,12-14H,2H2,1H3,(H,9,11)/t4-,5-,6+,7-,8?/m1/s1/i1D. The molecule has 15 heavy (non-hydrogen) atoms. The molecule has 0 bridgehead atoms. The molecule has 1 heterocycles. The minimum atomic E-state index is -1.53. The van der Waals surface area contributed by atoms with Gasteiger partial charge in [-0.3, -0.25) is 4.79 Å². The summed E-state index contributed by atoms with van der Waals surface area (Å²) in [6.45, 7) is -1.10. The van der Waals surface area contributed by atoms with E-state index in [1.807, 2.05) is 0 Å². The molecule has 1 unspecified atom stereocenters. The average molecular weight is 222 g/mol. The van der Waals surface area contributed by atoms with Crippen molar-refractivity contribution in [1.82, 2.24) is 5.32 Å². The van der Waals surface area contributed by atoms with Crippen LogP contribution in [0.1, 0.15) is 8.27 Å². The molecular weight excluding hydrogens is 206 g/mol. The second-order valence-electron chi connectivity index (χ2n) is 3.32. The molecule has 0 aromatic carbocycles. The summed E-state index contributed by atoms with van der Waals surface area (Å²) in [5.41, 5.74) is 0. The Morgan fingerprint density at radius 2 is 2.07 bits per heavy atom. The lowest BCUT2D eigenvalue weighted by atomic mass is 9.98. The molecule has 1 amide bonds. The van der Waals surface area contributed by atoms with E-state index >= 15 is 0 Å². The first kappa shape index (κ1) is 10.8. The van der Waals surface area contributed by atoms with Crippen molar-refractivity contribution in [3.63, 3.8) is 0 Å². The second kappa shape index (κ2) is 4.86. The monoisotopic (exact) mass is 222 g/mol. The molecule has 1 rings (SSSR count). The largest absolute Gasteiger partial charge is 0.394 e. The maximum atomic E-state index is 10.9. The number of nitrogens with one attached hydrogen (secondary N) is 1. The number of carbonyl (C=O) groups excluding carboxylic acids is 1. The molecule has 0 saturated carbocycles. The van der Waals surface area contributed by atoms with Gasteiger partial charge in [0.1, 0.15) is 24.4 Å². The zero-order valence-corrected chi connectivity index (χ0v) is 7.91. The van der Waals surface area contributed by atoms with E-state index in [2.05, 4.69) is 5.32 Å². The summed E-state index contributed by atoms with van der Waals surface area (Å²) < 4.78 is 11.7. The summed E-state index contributed by atoms with van der Waals surface area (Å²) in [7, 11) is 0. The van der Waals surface area contributed by atoms with Crippen LogP contribution in [0.3, 0.4) is 0 Å². The van der Waals surface area contributed by atoms with Gasteiger partial charge in [-0.15, -0.1) is 0 Å². The van der Waals surface area contributed by atoms with Crippen LogP contribution < -0.4 is 5.32 Å². The van der Waals surface area contributed by atoms with Gasteiger partial charge in [0, 0.05) is 8.27 Å². The second-order valence-corrected chi connectivity index (χ2v) is 3.32. The van der Waals surface area contributed by atoms with Crippen molar-refractivity contribution in [3.05, 3.63) is 0 Å². The third-order valence-electron chi connectivity index (χ3n) is 2.20. The number of rotatable bonds is 2. The molecule has 0 aromatic heterocycles. The van der Waals surface area contributed by atoms with E-state index in [1.54, 1.807) is 0 Å². The van der Waals surface area contributed by atoms with Crippen LogP contribution in [0.25, 0.3) is 0 Å². The Bertz CT molecular complexity index is 251. The molecule has 0 aromatic rings. The van der Waals surface area contributed by atoms with Crippen molar-refractivity contribution < 1.29 is 31.3 Å². The number of hydrogen-bond acceptors (Lipinski definition) is 6. The van der Waals surface area contributed by atoms with E-state index in [0.29, 0.717) is 0 Å². The highest BCUT2D eigenvalue weighted by atomic mass is 16.6. The molecule has 1 aliphatic rings. The Balaban J connectivity index is 2.67. The minimum Gasteiger partial charge on any atom is -0.394 e. The summed E-state index contributed by atoms with van der Waals surface area (Å²) in [5, 5.41) is 39.3. The fourth-order valence-corrected chi connectivity index (χ4v) is 1.38. The fourth-order valence-electron chi connectivity index (χ4n) is 1.38. The summed E-state index contributed by atoms with van der Waals surface area (Å²) in [4.78, 5) is 10.9. The SMILES string of the molecule is [2H]CC(=O)NC1O[C@H](CO)[C@@H](O)[C@H](O)[C@H]1O. The van der Waals surface area contributed by atoms with Crippen LogP contribution in [-0.4, -0.2) is 63.6 Å². The number of hydrogen-bond donors (Lipinski definition) is 5. The Hall–Kier alpha value is -0.730. The van der Waals surface area contributed by atoms with Gasteiger partial charge in [-0.1, -0.05) is 0 Å². The van der Waals surface area contributed by atoms with Crippen molar-refractivity contribution in [2.75, 3.05) is 6.61 Å². The van der Waals surface area contributed by atoms with Crippen molar-refractivity contribution in [1.29, 1.82) is 0 Å². The van der Waals surface area contributed by atoms with E-state index in [4.69, 9.17) is 11.2 Å². The van der Waals surface area contributed by atoms with Crippen LogP contribution in [0.5, 0.6) is 0 Å². The maximum Gasteiger partial charge on any atom is 0.218 e. The molecule has 1 fully saturated rings. The fraction of sp³-hybridized carbons (Fsp3) is 0.875. The van der Waals surface area contributed by atoms with Gasteiger partial charge in [0.15, 0.2) is 6.23 Å². The topological polar surface area (TPSA) is 119 Å². The molecule has 0 radical (unpaired) electrons. The first-order valence-corrected chi connectivity index (χ1v) is 4.40. The third kappa shape index (κ3) is 2.64. The summed E-state index contributed by atoms with van der Waals surface area (Å²) in [6, 6.07) is 0. The molecule has 5 atom stereocenters. The van der Waals surface area contributed by atoms with Crippen LogP contribution in [0, 0.1) is 0 Å². The predicted molar refractivity (Wildman–Crippen MR) is 47.6 cm³/mol. The Labute approximate surface area is 87.7 Å². The Kier molecular flexibility index (Phi) is 3.49. The summed E-state index contributed by atoms with van der Waals surface area (Å²) >= 11 is 0. The zero-order valence-electron chi connectivity index (χ0n) is 8.91. The van der Waals surface area contributed by atoms with Crippen LogP contribution in [0.4, 0.5) is 0 Å². The number of aliphatic hydroxyl groups excluding tert-OH is 4. The molecule has 7 heteroatoms. The molecular formula is C8H15NO6. The molecule has 1 saturated heterocycles. The van der Waals surface area contributed by atoms with Crippen LogP contribution >= 0.6 is 0 Å². The quantitative estimate of drug-likeness (QED) is 0.338. The summed E-state index contributed by atoms with van der Waals surface area (Å²) in [6.07, 6.45) is -6.79. The van der Waals surface area contributed by atoms with Crippen LogP contribution in [-0.2, 0) is 9.53 Å². The smallest absolute Gasteiger partial charge is 0.218 e. The highest BCUT2D eigenvalue weighted by molar-refractivity contribution is 5.73. The van der Waals surface area contributed by atoms with Crippen molar-refractivity contribution >= 4 is 5.91 Å². The minimum absolute atomic E-state index is 0.547. The first-order valence-electron chi connectivity index (χ1n) is 5.11. The van der Waals surface area contributed by atoms with Gasteiger partial charge in [-0.2, -0.15) is 0 Å². The molecule has 7 nitrogen and oxygen atoms in total. The van der Waals surface area contributed by atoms with E-state index < -0.39 is 50.1 Å². The van der Waals surface area contributed by atoms with E-state index in [1.165, 1.54) is 0 Å². The van der Waals surface area contributed by atoms with E-state index in [-0.39, 0.29) is 0 Å². The number of amides is 1. The zero-order chi connectivity index (χ0) is 12.3. The summed E-state index contributed by atoms with van der Waals surface area (Å²) in [5.74, 6) is -0.690. The normalized spacial score (nSPS) is 42.1. The third-order valence-corrected chi connectivity index (χ3v) is 2.20. The van der Waals surface area contributed by atoms with Gasteiger partial charge in [0.05, 0.1) is 6.61 Å². The van der Waals surface area contributed by atoms with Crippen molar-refractivity contribution in [2.24, 2.45) is 0 Å². The lowest BCUT2D eigenvalue weighted by Crippen LogP contribution is -2.63. The Morgan fingerprint density at radius 1 is 1.40 bits per heavy atom. The molecule has 1 aliphatic heterocycles. The Morgan fingerprint density at radius 3 is 2.60 bits per heavy atom. The van der Waals surface area contributed by atoms with Gasteiger partial charge >= 0.3 is 0 Å². The van der Waals surface area contributed by atoms with E-state index in [0.717, 1.165) is 0 Å². The highest BCUT2D eigenvalue weighted by Gasteiger charge is 2.43. The van der Waals surface area contributed by atoms with Gasteiger partial charge < -0.3 is 30.5 Å². The highest BCUT2D eigenvalue weighted by Crippen LogP contribution is 2.19. The molecule has 88 valence electrons. The molecule has 0 spiro atoms. The lowest BCUT2D eigenvalue weighted by molar-refractivity contribution is -0.235. The molecule has 0 aliphatic carbocycles. The van der Waals surface area contributed by atoms with Gasteiger partial charge in [0.25, 0.3) is 0 Å². The van der Waals surface area contributed by atoms with E-state index in [9.17, 15) is 20.1 Å². The van der Waals surface area contributed by atoms with Crippen molar-refractivity contribution in [2.45, 2.75) is 37.5 Å². The molecule has 5 N–H and O–H groups in total. The maximum absolute atomic E-state index is 10.9. The van der Waals surface area contributed by atoms with Crippen LogP contribution in [0.15, 0.2) is 0 Å². The van der Waals surface area contributed by atoms with Gasteiger partial charge in [0.2, 0.25) is 5.91 Å². The predicted octanol–water partition coefficient (Wildman–Crippen LogP) is -3.08. The number of ether oxygens (including phenoxy) is 1. The van der Waals surface area contributed by atoms with Gasteiger partial charge in [-0.05, 0) is 0 Å². The number of carbonyl (C=O) groups is 1. The lowest BCUT2D eigenvalue weighted by Gasteiger charge is -2.39. The average Bonchev–Trinajstić information content (AvgIpc) is 2.29.